The van der Waals surface area contributed by atoms with Crippen LogP contribution in [0.15, 0.2) is 9.89 Å². The van der Waals surface area contributed by atoms with Crippen LogP contribution >= 0.6 is 0 Å². The molecule has 178 valence electrons. The molecule has 9 nitrogen and oxygen atoms in total. The molecule has 1 aliphatic heterocycles. The quantitative estimate of drug-likeness (QED) is 0.249. The molecular formula is C22H34N4O5S. The number of carbonyl (C=O) groups is 2. The number of unbranched alkanes of at least 4 members (excludes halogenated alkanes) is 1. The summed E-state index contributed by atoms with van der Waals surface area (Å²) in [4.78, 5) is 27.1. The first kappa shape index (κ1) is 25.6. The Bertz CT molecular complexity index is 958. The fraction of sp³-hybridized carbons (Fsp3) is 0.591. The van der Waals surface area contributed by atoms with Gasteiger partial charge in [-0.1, -0.05) is 0 Å². The third-order valence-corrected chi connectivity index (χ3v) is 6.91. The van der Waals surface area contributed by atoms with Crippen LogP contribution in [0.2, 0.25) is 0 Å². The number of nitrogens with two attached hydrogens (primary N) is 1. The number of hydrogen-bond acceptors (Lipinski definition) is 5. The zero-order chi connectivity index (χ0) is 24.2. The van der Waals surface area contributed by atoms with Crippen molar-refractivity contribution in [1.29, 1.82) is 0 Å². The molecule has 1 heterocycles. The van der Waals surface area contributed by atoms with E-state index in [0.717, 1.165) is 34.4 Å². The van der Waals surface area contributed by atoms with Crippen LogP contribution in [0, 0.1) is 20.8 Å². The number of aliphatic imine (C=N–C) groups is 1. The number of carboxylic acids is 1. The molecule has 0 saturated carbocycles. The van der Waals surface area contributed by atoms with Crippen molar-refractivity contribution in [3.05, 3.63) is 22.3 Å². The lowest BCUT2D eigenvalue weighted by atomic mass is 9.94. The standard InChI is InChI=1S/C22H34N4O5S/c1-12-13(2)19(14(3)16-11-22(5,6)31-18(12)16)32(30)26-21(23)24-10-8-7-9-17(20(28)29)25-15(4)27/h17H,7-11H2,1-6H3,(H,25,27)(H,28,29)(H3,23,24,26). The minimum absolute atomic E-state index is 0.0634. The Hall–Kier alpha value is -2.62. The van der Waals surface area contributed by atoms with Gasteiger partial charge in [-0.2, -0.15) is 0 Å². The van der Waals surface area contributed by atoms with Crippen LogP contribution in [0.5, 0.6) is 5.75 Å². The van der Waals surface area contributed by atoms with Crippen LogP contribution in [0.4, 0.5) is 0 Å². The zero-order valence-corrected chi connectivity index (χ0v) is 20.4. The van der Waals surface area contributed by atoms with Gasteiger partial charge in [0.15, 0.2) is 11.0 Å². The number of aliphatic carboxylic acids is 1. The Morgan fingerprint density at radius 3 is 2.47 bits per heavy atom. The Morgan fingerprint density at radius 2 is 1.88 bits per heavy atom. The molecule has 10 heteroatoms. The number of carbonyl (C=O) groups excluding carboxylic acids is 1. The Kier molecular flexibility index (Phi) is 8.28. The van der Waals surface area contributed by atoms with Gasteiger partial charge in [0.1, 0.15) is 17.4 Å². The highest BCUT2D eigenvalue weighted by Crippen LogP contribution is 2.43. The van der Waals surface area contributed by atoms with Gasteiger partial charge in [0.25, 0.3) is 0 Å². The second-order valence-corrected chi connectivity index (χ2v) is 9.93. The number of fused-ring (bicyclic) bond motifs is 1. The van der Waals surface area contributed by atoms with Gasteiger partial charge in [0.2, 0.25) is 11.9 Å². The maximum Gasteiger partial charge on any atom is 0.326 e. The minimum Gasteiger partial charge on any atom is -0.487 e. The van der Waals surface area contributed by atoms with Crippen LogP contribution in [0.1, 0.15) is 62.3 Å². The molecule has 0 bridgehead atoms. The van der Waals surface area contributed by atoms with Crippen molar-refractivity contribution in [1.82, 2.24) is 10.0 Å². The van der Waals surface area contributed by atoms with E-state index in [-0.39, 0.29) is 17.5 Å². The number of amides is 1. The first-order valence-electron chi connectivity index (χ1n) is 10.6. The summed E-state index contributed by atoms with van der Waals surface area (Å²) >= 11 is 0. The van der Waals surface area contributed by atoms with E-state index >= 15 is 0 Å². The molecule has 2 atom stereocenters. The third-order valence-electron chi connectivity index (χ3n) is 5.53. The van der Waals surface area contributed by atoms with Gasteiger partial charge in [-0.25, -0.2) is 9.00 Å². The number of hydrogen-bond donors (Lipinski definition) is 4. The molecule has 1 aliphatic rings. The average Bonchev–Trinajstić information content (AvgIpc) is 3.00. The summed E-state index contributed by atoms with van der Waals surface area (Å²) in [5.41, 5.74) is 9.52. The third kappa shape index (κ3) is 6.21. The van der Waals surface area contributed by atoms with E-state index in [9.17, 15) is 13.8 Å². The van der Waals surface area contributed by atoms with E-state index in [1.807, 2.05) is 34.6 Å². The van der Waals surface area contributed by atoms with E-state index in [1.165, 1.54) is 6.92 Å². The summed E-state index contributed by atoms with van der Waals surface area (Å²) in [6.45, 7) is 11.6. The van der Waals surface area contributed by atoms with Crippen molar-refractivity contribution in [2.75, 3.05) is 6.54 Å². The van der Waals surface area contributed by atoms with Gasteiger partial charge in [-0.3, -0.25) is 14.5 Å². The Morgan fingerprint density at radius 1 is 1.22 bits per heavy atom. The number of nitrogens with one attached hydrogen (secondary N) is 2. The van der Waals surface area contributed by atoms with Crippen LogP contribution in [0.25, 0.3) is 0 Å². The highest BCUT2D eigenvalue weighted by atomic mass is 32.2. The first-order chi connectivity index (χ1) is 14.8. The van der Waals surface area contributed by atoms with Crippen LogP contribution in [-0.2, 0) is 27.0 Å². The van der Waals surface area contributed by atoms with Gasteiger partial charge in [0.05, 0.1) is 4.90 Å². The van der Waals surface area contributed by atoms with Crippen LogP contribution in [0.3, 0.4) is 0 Å². The smallest absolute Gasteiger partial charge is 0.326 e. The number of carboxylic acid groups (broad SMARTS) is 1. The van der Waals surface area contributed by atoms with E-state index in [4.69, 9.17) is 15.6 Å². The highest BCUT2D eigenvalue weighted by Gasteiger charge is 2.35. The molecule has 2 unspecified atom stereocenters. The minimum atomic E-state index is -1.58. The maximum absolute atomic E-state index is 13.1. The van der Waals surface area contributed by atoms with E-state index < -0.39 is 23.0 Å². The molecule has 1 amide bonds. The molecule has 2 rings (SSSR count). The van der Waals surface area contributed by atoms with Crippen molar-refractivity contribution >= 4 is 28.8 Å². The molecule has 0 fully saturated rings. The predicted octanol–water partition coefficient (Wildman–Crippen LogP) is 2.01. The molecule has 0 spiro atoms. The summed E-state index contributed by atoms with van der Waals surface area (Å²) in [5, 5.41) is 11.5. The fourth-order valence-corrected chi connectivity index (χ4v) is 5.05. The van der Waals surface area contributed by atoms with E-state index in [2.05, 4.69) is 15.0 Å². The number of rotatable bonds is 9. The molecule has 0 saturated heterocycles. The second-order valence-electron chi connectivity index (χ2n) is 8.78. The SMILES string of the molecule is CC(=O)NC(CCCCN=C(N)NS(=O)c1c(C)c(C)c2c(c1C)CC(C)(C)O2)C(=O)O. The van der Waals surface area contributed by atoms with Crippen molar-refractivity contribution in [3.63, 3.8) is 0 Å². The molecular weight excluding hydrogens is 432 g/mol. The summed E-state index contributed by atoms with van der Waals surface area (Å²) in [5.74, 6) is -0.502. The van der Waals surface area contributed by atoms with Crippen molar-refractivity contribution in [2.24, 2.45) is 10.7 Å². The summed E-state index contributed by atoms with van der Waals surface area (Å²) in [6.07, 6.45) is 2.18. The van der Waals surface area contributed by atoms with Crippen molar-refractivity contribution in [3.8, 4) is 5.75 Å². The van der Waals surface area contributed by atoms with E-state index in [1.54, 1.807) is 0 Å². The number of ether oxygens (including phenoxy) is 1. The summed E-state index contributed by atoms with van der Waals surface area (Å²) < 4.78 is 21.9. The number of nitrogens with zero attached hydrogens (tertiary/aromatic N) is 1. The number of guanidine groups is 1. The van der Waals surface area contributed by atoms with Gasteiger partial charge < -0.3 is 20.9 Å². The lowest BCUT2D eigenvalue weighted by Gasteiger charge is -2.19. The van der Waals surface area contributed by atoms with Gasteiger partial charge in [-0.05, 0) is 70.6 Å². The largest absolute Gasteiger partial charge is 0.487 e. The topological polar surface area (TPSA) is 143 Å². The number of benzene rings is 1. The average molecular weight is 467 g/mol. The normalized spacial score (nSPS) is 16.6. The summed E-state index contributed by atoms with van der Waals surface area (Å²) in [7, 11) is -1.58. The van der Waals surface area contributed by atoms with E-state index in [0.29, 0.717) is 30.7 Å². The maximum atomic E-state index is 13.1. The lowest BCUT2D eigenvalue weighted by molar-refractivity contribution is -0.141. The Balaban J connectivity index is 1.98. The van der Waals surface area contributed by atoms with Crippen LogP contribution < -0.4 is 20.5 Å². The zero-order valence-electron chi connectivity index (χ0n) is 19.6. The molecule has 0 radical (unpaired) electrons. The van der Waals surface area contributed by atoms with Gasteiger partial charge >= 0.3 is 5.97 Å². The summed E-state index contributed by atoms with van der Waals surface area (Å²) in [6, 6.07) is -0.914. The highest BCUT2D eigenvalue weighted by molar-refractivity contribution is 7.83. The van der Waals surface area contributed by atoms with Gasteiger partial charge in [-0.15, -0.1) is 0 Å². The second kappa shape index (κ2) is 10.3. The molecule has 1 aromatic carbocycles. The Labute approximate surface area is 191 Å². The van der Waals surface area contributed by atoms with Crippen molar-refractivity contribution in [2.45, 2.75) is 83.8 Å². The molecule has 0 aromatic heterocycles. The van der Waals surface area contributed by atoms with Crippen LogP contribution in [-0.4, -0.2) is 45.3 Å². The van der Waals surface area contributed by atoms with Gasteiger partial charge in [0, 0.05) is 25.5 Å². The first-order valence-corrected chi connectivity index (χ1v) is 11.8. The monoisotopic (exact) mass is 466 g/mol. The predicted molar refractivity (Wildman–Crippen MR) is 124 cm³/mol. The molecule has 32 heavy (non-hydrogen) atoms. The fourth-order valence-electron chi connectivity index (χ4n) is 3.86. The molecule has 5 N–H and O–H groups in total. The lowest BCUT2D eigenvalue weighted by Crippen LogP contribution is -2.39. The molecule has 0 aliphatic carbocycles. The van der Waals surface area contributed by atoms with Crippen molar-refractivity contribution < 1.29 is 23.6 Å². The molecule has 1 aromatic rings.